The first-order chi connectivity index (χ1) is 8.33. The number of rotatable bonds is 4. The molecule has 2 aromatic rings. The van der Waals surface area contributed by atoms with Crippen molar-refractivity contribution in [3.8, 4) is 11.6 Å². The molecular formula is C13H15N3O. The van der Waals surface area contributed by atoms with Gasteiger partial charge in [-0.05, 0) is 24.1 Å². The molecule has 0 atom stereocenters. The lowest BCUT2D eigenvalue weighted by molar-refractivity contribution is 0.451. The third kappa shape index (κ3) is 2.79. The molecule has 0 radical (unpaired) electrons. The van der Waals surface area contributed by atoms with E-state index in [2.05, 4.69) is 23.0 Å². The first-order valence-corrected chi connectivity index (χ1v) is 5.60. The fourth-order valence-corrected chi connectivity index (χ4v) is 1.52. The number of hydrogen-bond donors (Lipinski definition) is 1. The predicted molar refractivity (Wildman–Crippen MR) is 65.8 cm³/mol. The monoisotopic (exact) mass is 229 g/mol. The molecule has 0 amide bonds. The van der Waals surface area contributed by atoms with Gasteiger partial charge in [-0.1, -0.05) is 19.1 Å². The van der Waals surface area contributed by atoms with E-state index in [0.29, 0.717) is 18.1 Å². The molecule has 0 fully saturated rings. The molecule has 0 saturated carbocycles. The SMILES string of the molecule is CCc1cccc(Oc2nccnc2CN)c1. The van der Waals surface area contributed by atoms with Crippen LogP contribution in [0, 0.1) is 0 Å². The van der Waals surface area contributed by atoms with Gasteiger partial charge in [0.1, 0.15) is 11.4 Å². The van der Waals surface area contributed by atoms with Gasteiger partial charge < -0.3 is 10.5 Å². The first-order valence-electron chi connectivity index (χ1n) is 5.60. The van der Waals surface area contributed by atoms with E-state index in [0.717, 1.165) is 12.2 Å². The maximum absolute atomic E-state index is 5.69. The van der Waals surface area contributed by atoms with Gasteiger partial charge in [0.05, 0.1) is 0 Å². The molecule has 0 bridgehead atoms. The summed E-state index contributed by atoms with van der Waals surface area (Å²) >= 11 is 0. The molecule has 0 spiro atoms. The van der Waals surface area contributed by atoms with Crippen molar-refractivity contribution in [3.05, 3.63) is 47.9 Å². The summed E-state index contributed by atoms with van der Waals surface area (Å²) in [5.41, 5.74) is 7.46. The molecule has 1 aromatic heterocycles. The normalized spacial score (nSPS) is 10.2. The van der Waals surface area contributed by atoms with E-state index in [1.165, 1.54) is 5.56 Å². The third-order valence-electron chi connectivity index (χ3n) is 2.45. The predicted octanol–water partition coefficient (Wildman–Crippen LogP) is 2.29. The van der Waals surface area contributed by atoms with Crippen LogP contribution in [-0.2, 0) is 13.0 Å². The van der Waals surface area contributed by atoms with E-state index in [-0.39, 0.29) is 0 Å². The minimum Gasteiger partial charge on any atom is -0.437 e. The van der Waals surface area contributed by atoms with Gasteiger partial charge in [0.2, 0.25) is 5.88 Å². The van der Waals surface area contributed by atoms with Crippen molar-refractivity contribution in [3.63, 3.8) is 0 Å². The van der Waals surface area contributed by atoms with Crippen LogP contribution in [0.4, 0.5) is 0 Å². The highest BCUT2D eigenvalue weighted by Crippen LogP contribution is 2.22. The van der Waals surface area contributed by atoms with E-state index in [4.69, 9.17) is 10.5 Å². The Balaban J connectivity index is 2.24. The maximum atomic E-state index is 5.69. The Kier molecular flexibility index (Phi) is 3.67. The van der Waals surface area contributed by atoms with Gasteiger partial charge in [-0.15, -0.1) is 0 Å². The fraction of sp³-hybridized carbons (Fsp3) is 0.231. The Morgan fingerprint density at radius 2 is 2.06 bits per heavy atom. The molecule has 17 heavy (non-hydrogen) atoms. The minimum atomic E-state index is 0.316. The highest BCUT2D eigenvalue weighted by molar-refractivity contribution is 5.32. The Hall–Kier alpha value is -1.94. The summed E-state index contributed by atoms with van der Waals surface area (Å²) in [5.74, 6) is 1.24. The van der Waals surface area contributed by atoms with Crippen LogP contribution in [0.15, 0.2) is 36.7 Å². The Bertz CT molecular complexity index is 500. The Morgan fingerprint density at radius 1 is 1.24 bits per heavy atom. The van der Waals surface area contributed by atoms with Gasteiger partial charge in [-0.3, -0.25) is 4.98 Å². The molecule has 4 nitrogen and oxygen atoms in total. The summed E-state index contributed by atoms with van der Waals surface area (Å²) in [6.07, 6.45) is 4.18. The lowest BCUT2D eigenvalue weighted by Gasteiger charge is -2.08. The standard InChI is InChI=1S/C13H15N3O/c1-2-10-4-3-5-11(8-10)17-13-12(9-14)15-6-7-16-13/h3-8H,2,9,14H2,1H3. The highest BCUT2D eigenvalue weighted by Gasteiger charge is 2.05. The topological polar surface area (TPSA) is 61.0 Å². The van der Waals surface area contributed by atoms with E-state index >= 15 is 0 Å². The van der Waals surface area contributed by atoms with Crippen molar-refractivity contribution in [1.82, 2.24) is 9.97 Å². The summed E-state index contributed by atoms with van der Waals surface area (Å²) in [5, 5.41) is 0. The van der Waals surface area contributed by atoms with Crippen LogP contribution in [0.5, 0.6) is 11.6 Å². The average Bonchev–Trinajstić information content (AvgIpc) is 2.39. The van der Waals surface area contributed by atoms with E-state index in [1.807, 2.05) is 18.2 Å². The quantitative estimate of drug-likeness (QED) is 0.873. The molecule has 0 saturated heterocycles. The number of aryl methyl sites for hydroxylation is 1. The molecule has 0 unspecified atom stereocenters. The van der Waals surface area contributed by atoms with Crippen LogP contribution >= 0.6 is 0 Å². The number of ether oxygens (including phenoxy) is 1. The zero-order valence-electron chi connectivity index (χ0n) is 9.76. The van der Waals surface area contributed by atoms with Crippen molar-refractivity contribution in [1.29, 1.82) is 0 Å². The summed E-state index contributed by atoms with van der Waals surface area (Å²) in [6.45, 7) is 2.42. The van der Waals surface area contributed by atoms with Gasteiger partial charge in [0, 0.05) is 18.9 Å². The largest absolute Gasteiger partial charge is 0.437 e. The Morgan fingerprint density at radius 3 is 2.82 bits per heavy atom. The summed E-state index contributed by atoms with van der Waals surface area (Å²) in [7, 11) is 0. The van der Waals surface area contributed by atoms with Crippen molar-refractivity contribution in [2.75, 3.05) is 0 Å². The second-order valence-corrected chi connectivity index (χ2v) is 3.62. The lowest BCUT2D eigenvalue weighted by atomic mass is 10.2. The molecule has 2 rings (SSSR count). The van der Waals surface area contributed by atoms with Gasteiger partial charge >= 0.3 is 0 Å². The van der Waals surface area contributed by atoms with Crippen LogP contribution in [0.2, 0.25) is 0 Å². The van der Waals surface area contributed by atoms with Crippen molar-refractivity contribution < 1.29 is 4.74 Å². The van der Waals surface area contributed by atoms with Crippen LogP contribution in [0.25, 0.3) is 0 Å². The van der Waals surface area contributed by atoms with Crippen molar-refractivity contribution in [2.45, 2.75) is 19.9 Å². The van der Waals surface area contributed by atoms with Gasteiger partial charge in [-0.2, -0.15) is 0 Å². The first kappa shape index (κ1) is 11.5. The second-order valence-electron chi connectivity index (χ2n) is 3.62. The van der Waals surface area contributed by atoms with Gasteiger partial charge in [0.15, 0.2) is 0 Å². The van der Waals surface area contributed by atoms with Gasteiger partial charge in [-0.25, -0.2) is 4.98 Å². The summed E-state index contributed by atoms with van der Waals surface area (Å²) in [4.78, 5) is 8.26. The molecule has 88 valence electrons. The summed E-state index contributed by atoms with van der Waals surface area (Å²) < 4.78 is 5.69. The van der Waals surface area contributed by atoms with Gasteiger partial charge in [0.25, 0.3) is 0 Å². The van der Waals surface area contributed by atoms with Crippen LogP contribution in [0.3, 0.4) is 0 Å². The lowest BCUT2D eigenvalue weighted by Crippen LogP contribution is -2.03. The van der Waals surface area contributed by atoms with Crippen LogP contribution < -0.4 is 10.5 Å². The Labute approximate surface area is 100 Å². The minimum absolute atomic E-state index is 0.316. The van der Waals surface area contributed by atoms with E-state index < -0.39 is 0 Å². The zero-order chi connectivity index (χ0) is 12.1. The summed E-state index contributed by atoms with van der Waals surface area (Å²) in [6, 6.07) is 7.92. The number of hydrogen-bond acceptors (Lipinski definition) is 4. The molecule has 2 N–H and O–H groups in total. The molecule has 0 aliphatic rings. The van der Waals surface area contributed by atoms with Crippen LogP contribution in [-0.4, -0.2) is 9.97 Å². The number of nitrogens with zero attached hydrogens (tertiary/aromatic N) is 2. The zero-order valence-corrected chi connectivity index (χ0v) is 9.76. The molecule has 1 heterocycles. The van der Waals surface area contributed by atoms with Crippen molar-refractivity contribution in [2.24, 2.45) is 5.73 Å². The maximum Gasteiger partial charge on any atom is 0.242 e. The van der Waals surface area contributed by atoms with Crippen LogP contribution in [0.1, 0.15) is 18.2 Å². The molecule has 0 aliphatic heterocycles. The van der Waals surface area contributed by atoms with E-state index in [1.54, 1.807) is 12.4 Å². The molecule has 4 heteroatoms. The van der Waals surface area contributed by atoms with Crippen molar-refractivity contribution >= 4 is 0 Å². The highest BCUT2D eigenvalue weighted by atomic mass is 16.5. The smallest absolute Gasteiger partial charge is 0.242 e. The van der Waals surface area contributed by atoms with E-state index in [9.17, 15) is 0 Å². The number of nitrogens with two attached hydrogens (primary N) is 1. The second kappa shape index (κ2) is 5.41. The molecule has 0 aliphatic carbocycles. The fourth-order valence-electron chi connectivity index (χ4n) is 1.52. The number of aromatic nitrogens is 2. The average molecular weight is 229 g/mol. The third-order valence-corrected chi connectivity index (χ3v) is 2.45. The molecular weight excluding hydrogens is 214 g/mol. The number of benzene rings is 1. The molecule has 1 aromatic carbocycles.